The normalized spacial score (nSPS) is 28.0. The van der Waals surface area contributed by atoms with Crippen LogP contribution in [0.5, 0.6) is 0 Å². The molecule has 0 bridgehead atoms. The zero-order valence-electron chi connectivity index (χ0n) is 25.4. The smallest absolute Gasteiger partial charge is 0.251 e. The molecule has 0 aromatic heterocycles. The molecule has 2 amide bonds. The second-order valence-electron chi connectivity index (χ2n) is 12.1. The summed E-state index contributed by atoms with van der Waals surface area (Å²) in [6.45, 7) is 10.9. The number of halogens is 1. The molecule has 12 heteroatoms. The molecule has 10 nitrogen and oxygen atoms in total. The van der Waals surface area contributed by atoms with Gasteiger partial charge in [-0.3, -0.25) is 14.5 Å². The second kappa shape index (κ2) is 14.1. The molecule has 240 valence electrons. The number of benzene rings is 1. The van der Waals surface area contributed by atoms with Crippen molar-refractivity contribution in [3.63, 3.8) is 0 Å². The molecule has 4 heterocycles. The third-order valence-corrected chi connectivity index (χ3v) is 10.4. The van der Waals surface area contributed by atoms with Crippen molar-refractivity contribution in [3.8, 4) is 0 Å². The van der Waals surface area contributed by atoms with Gasteiger partial charge in [-0.2, -0.15) is 0 Å². The van der Waals surface area contributed by atoms with Crippen molar-refractivity contribution in [1.29, 1.82) is 0 Å². The number of fused-ring (bicyclic) bond motifs is 1. The fraction of sp³-hybridized carbons (Fsp3) is 0.677. The summed E-state index contributed by atoms with van der Waals surface area (Å²) < 4.78 is 17.3. The zero-order chi connectivity index (χ0) is 30.2. The van der Waals surface area contributed by atoms with Crippen LogP contribution in [0.25, 0.3) is 5.70 Å². The molecule has 1 aromatic rings. The number of likely N-dealkylation sites (N-methyl/N-ethyl adjacent to an activating group) is 1. The van der Waals surface area contributed by atoms with Gasteiger partial charge in [0.25, 0.3) is 5.91 Å². The minimum Gasteiger partial charge on any atom is -0.369 e. The number of methoxy groups -OCH3 is 2. The van der Waals surface area contributed by atoms with E-state index in [1.165, 1.54) is 4.91 Å². The first-order valence-corrected chi connectivity index (χ1v) is 16.0. The summed E-state index contributed by atoms with van der Waals surface area (Å²) in [6, 6.07) is 6.35. The topological polar surface area (TPSA) is 95.6 Å². The summed E-state index contributed by atoms with van der Waals surface area (Å²) in [5.41, 5.74) is 2.86. The van der Waals surface area contributed by atoms with Crippen molar-refractivity contribution in [2.45, 2.75) is 69.5 Å². The van der Waals surface area contributed by atoms with Gasteiger partial charge in [0, 0.05) is 57.4 Å². The summed E-state index contributed by atoms with van der Waals surface area (Å²) in [6.07, 6.45) is 0.0764. The molecule has 0 aliphatic carbocycles. The largest absolute Gasteiger partial charge is 0.369 e. The van der Waals surface area contributed by atoms with Crippen LogP contribution in [0, 0.1) is 5.92 Å². The molecule has 4 aliphatic heterocycles. The lowest BCUT2D eigenvalue weighted by atomic mass is 10.00. The summed E-state index contributed by atoms with van der Waals surface area (Å²) >= 11 is 8.45. The van der Waals surface area contributed by atoms with E-state index in [4.69, 9.17) is 25.8 Å². The van der Waals surface area contributed by atoms with Gasteiger partial charge in [-0.15, -0.1) is 11.6 Å². The van der Waals surface area contributed by atoms with Crippen molar-refractivity contribution in [2.75, 3.05) is 60.6 Å². The minimum atomic E-state index is -1.10. The predicted octanol–water partition coefficient (Wildman–Crippen LogP) is 3.23. The third kappa shape index (κ3) is 6.88. The Morgan fingerprint density at radius 1 is 1.16 bits per heavy atom. The number of ether oxygens (including phenoxy) is 3. The Bertz CT molecular complexity index is 1170. The van der Waals surface area contributed by atoms with E-state index < -0.39 is 29.4 Å². The quantitative estimate of drug-likeness (QED) is 0.313. The lowest BCUT2D eigenvalue weighted by molar-refractivity contribution is -0.227. The highest BCUT2D eigenvalue weighted by molar-refractivity contribution is 8.04. The maximum atomic E-state index is 14.0. The highest BCUT2D eigenvalue weighted by atomic mass is 35.5. The van der Waals surface area contributed by atoms with Gasteiger partial charge < -0.3 is 34.6 Å². The number of nitrogens with zero attached hydrogens (tertiary/aromatic N) is 3. The molecule has 3 saturated heterocycles. The van der Waals surface area contributed by atoms with Gasteiger partial charge in [-0.1, -0.05) is 45.2 Å². The standard InChI is InChI=1S/C30H44ClN5O5S.CH4/c1-18(2)15-23(28(38)36-16-22(31)25-26(36)30(39-5,40-6)17-41-25)32-27(37)21-9-7-20(8-10-21)24-19(3)42-29(33-24)35-13-11-34(4)12-14-35;/h7-10,18,22-23,25-26,29,33H,11-17H2,1-6H3,(H,32,37);1H4/t22-,23+,25-,26+,29?;/m1./s1. The minimum absolute atomic E-state index is 0. The number of nitrogens with one attached hydrogen (secondary N) is 2. The van der Waals surface area contributed by atoms with Gasteiger partial charge in [0.05, 0.1) is 11.1 Å². The van der Waals surface area contributed by atoms with Crippen molar-refractivity contribution < 1.29 is 23.8 Å². The van der Waals surface area contributed by atoms with Crippen LogP contribution in [0.1, 0.15) is 50.5 Å². The van der Waals surface area contributed by atoms with Crippen LogP contribution < -0.4 is 10.6 Å². The van der Waals surface area contributed by atoms with Gasteiger partial charge in [-0.25, -0.2) is 0 Å². The Balaban J connectivity index is 0.00000423. The monoisotopic (exact) mass is 637 g/mol. The lowest BCUT2D eigenvalue weighted by Gasteiger charge is -2.37. The van der Waals surface area contributed by atoms with Crippen LogP contribution in [0.3, 0.4) is 0 Å². The number of piperazine rings is 1. The van der Waals surface area contributed by atoms with Crippen LogP contribution in [-0.2, 0) is 19.0 Å². The van der Waals surface area contributed by atoms with E-state index in [0.717, 1.165) is 37.4 Å². The number of carbonyl (C=O) groups excluding carboxylic acids is 2. The maximum Gasteiger partial charge on any atom is 0.251 e. The number of amides is 2. The van der Waals surface area contributed by atoms with Gasteiger partial charge in [0.15, 0.2) is 0 Å². The summed E-state index contributed by atoms with van der Waals surface area (Å²) in [5, 5.41) is 6.30. The fourth-order valence-corrected chi connectivity index (χ4v) is 7.87. The van der Waals surface area contributed by atoms with Crippen LogP contribution in [0.15, 0.2) is 29.2 Å². The Hall–Kier alpha value is -1.86. The van der Waals surface area contributed by atoms with Crippen molar-refractivity contribution >= 4 is 40.9 Å². The fourth-order valence-electron chi connectivity index (χ4n) is 6.34. The second-order valence-corrected chi connectivity index (χ2v) is 13.9. The number of allylic oxidation sites excluding steroid dienone is 1. The van der Waals surface area contributed by atoms with E-state index >= 15 is 0 Å². The SMILES string of the molecule is C.COC1(OC)CO[C@@H]2[C@H](Cl)CN(C(=O)[C@H](CC(C)C)NC(=O)c3ccc(C4=C(C)SC(N5CCN(C)CC5)N4)cc3)[C@@H]21. The molecule has 0 saturated carbocycles. The highest BCUT2D eigenvalue weighted by Gasteiger charge is 2.61. The van der Waals surface area contributed by atoms with Gasteiger partial charge >= 0.3 is 0 Å². The summed E-state index contributed by atoms with van der Waals surface area (Å²) in [4.78, 5) is 35.1. The number of hydrogen-bond donors (Lipinski definition) is 2. The maximum absolute atomic E-state index is 14.0. The van der Waals surface area contributed by atoms with Crippen molar-refractivity contribution in [3.05, 3.63) is 40.3 Å². The highest BCUT2D eigenvalue weighted by Crippen LogP contribution is 2.41. The molecule has 43 heavy (non-hydrogen) atoms. The van der Waals surface area contributed by atoms with Gasteiger partial charge in [-0.05, 0) is 44.0 Å². The molecule has 4 aliphatic rings. The Kier molecular flexibility index (Phi) is 11.1. The molecule has 0 radical (unpaired) electrons. The summed E-state index contributed by atoms with van der Waals surface area (Å²) in [5.74, 6) is -1.43. The molecule has 2 N–H and O–H groups in total. The first-order valence-electron chi connectivity index (χ1n) is 14.7. The molecule has 1 aromatic carbocycles. The Labute approximate surface area is 265 Å². The van der Waals surface area contributed by atoms with Crippen LogP contribution >= 0.6 is 23.4 Å². The first kappa shape index (κ1) is 34.0. The summed E-state index contributed by atoms with van der Waals surface area (Å²) in [7, 11) is 5.25. The van der Waals surface area contributed by atoms with E-state index in [-0.39, 0.29) is 43.8 Å². The van der Waals surface area contributed by atoms with E-state index in [0.29, 0.717) is 12.0 Å². The van der Waals surface area contributed by atoms with Crippen LogP contribution in [0.2, 0.25) is 0 Å². The third-order valence-electron chi connectivity index (χ3n) is 8.80. The number of alkyl halides is 1. The first-order chi connectivity index (χ1) is 20.1. The number of carbonyl (C=O) groups is 2. The predicted molar refractivity (Wildman–Crippen MR) is 172 cm³/mol. The van der Waals surface area contributed by atoms with E-state index in [1.807, 2.05) is 49.9 Å². The van der Waals surface area contributed by atoms with Crippen molar-refractivity contribution in [1.82, 2.24) is 25.3 Å². The molecule has 5 rings (SSSR count). The van der Waals surface area contributed by atoms with E-state index in [1.54, 1.807) is 19.1 Å². The number of rotatable bonds is 9. The Morgan fingerprint density at radius 3 is 2.42 bits per heavy atom. The molecule has 0 spiro atoms. The number of hydrogen-bond acceptors (Lipinski definition) is 9. The average Bonchev–Trinajstić information content (AvgIpc) is 3.66. The number of likely N-dealkylation sites (tertiary alicyclic amines) is 1. The molecular formula is C31H48ClN5O5S. The van der Waals surface area contributed by atoms with Crippen LogP contribution in [0.4, 0.5) is 0 Å². The van der Waals surface area contributed by atoms with Crippen LogP contribution in [-0.4, -0.2) is 122 Å². The zero-order valence-corrected chi connectivity index (χ0v) is 27.0. The van der Waals surface area contributed by atoms with Gasteiger partial charge in [0.2, 0.25) is 11.7 Å². The molecule has 5 atom stereocenters. The lowest BCUT2D eigenvalue weighted by Crippen LogP contribution is -2.58. The molecule has 1 unspecified atom stereocenters. The van der Waals surface area contributed by atoms with Crippen molar-refractivity contribution in [2.24, 2.45) is 5.92 Å². The number of thioether (sulfide) groups is 1. The Morgan fingerprint density at radius 2 is 1.81 bits per heavy atom. The average molecular weight is 638 g/mol. The van der Waals surface area contributed by atoms with E-state index in [9.17, 15) is 9.59 Å². The molecule has 3 fully saturated rings. The van der Waals surface area contributed by atoms with E-state index in [2.05, 4.69) is 34.4 Å². The molecular weight excluding hydrogens is 590 g/mol. The van der Waals surface area contributed by atoms with Gasteiger partial charge in [0.1, 0.15) is 30.3 Å².